The third-order valence-corrected chi connectivity index (χ3v) is 9.69. The number of amidine groups is 1. The van der Waals surface area contributed by atoms with Crippen molar-refractivity contribution in [2.24, 2.45) is 4.99 Å². The molecule has 0 unspecified atom stereocenters. The summed E-state index contributed by atoms with van der Waals surface area (Å²) in [4.78, 5) is 43.0. The number of ether oxygens (including phenoxy) is 3. The number of aromatic nitrogens is 1. The van der Waals surface area contributed by atoms with Gasteiger partial charge >= 0.3 is 0 Å². The summed E-state index contributed by atoms with van der Waals surface area (Å²) in [7, 11) is 1.91. The van der Waals surface area contributed by atoms with Crippen LogP contribution in [0.5, 0.6) is 0 Å². The SMILES string of the molecule is C/C=C1/C(C)=C(C(C)=O)C(=O)N(C2CCCC2)/C1=N/C(Nc1ccc(N2CCN(CCOCCOCCOCCNC)CC2)cn1)=C(\C)CC. The molecule has 0 aromatic carbocycles. The molecular weight excluding hydrogens is 634 g/mol. The lowest BCUT2D eigenvalue weighted by Gasteiger charge is -2.36. The summed E-state index contributed by atoms with van der Waals surface area (Å²) in [6, 6.07) is 4.12. The van der Waals surface area contributed by atoms with E-state index in [1.807, 2.05) is 46.2 Å². The van der Waals surface area contributed by atoms with E-state index >= 15 is 0 Å². The Bertz CT molecular complexity index is 1390. The number of Topliss-reactive ketones (excluding diaryl/α,β-unsaturated/α-hetero) is 1. The van der Waals surface area contributed by atoms with Crippen molar-refractivity contribution in [1.29, 1.82) is 0 Å². The molecule has 0 spiro atoms. The fourth-order valence-corrected chi connectivity index (χ4v) is 6.60. The van der Waals surface area contributed by atoms with Crippen LogP contribution in [-0.2, 0) is 23.8 Å². The van der Waals surface area contributed by atoms with Gasteiger partial charge in [-0.1, -0.05) is 25.8 Å². The predicted molar refractivity (Wildman–Crippen MR) is 200 cm³/mol. The van der Waals surface area contributed by atoms with Gasteiger partial charge in [-0.05, 0) is 77.3 Å². The second-order valence-electron chi connectivity index (χ2n) is 13.1. The number of piperazine rings is 1. The highest BCUT2D eigenvalue weighted by Crippen LogP contribution is 2.34. The van der Waals surface area contributed by atoms with Crippen molar-refractivity contribution in [3.05, 3.63) is 52.5 Å². The van der Waals surface area contributed by atoms with Crippen molar-refractivity contribution >= 4 is 29.0 Å². The van der Waals surface area contributed by atoms with Crippen molar-refractivity contribution in [2.45, 2.75) is 72.8 Å². The maximum absolute atomic E-state index is 13.8. The van der Waals surface area contributed by atoms with E-state index in [2.05, 4.69) is 33.4 Å². The molecule has 2 aliphatic heterocycles. The van der Waals surface area contributed by atoms with Crippen molar-refractivity contribution in [3.63, 3.8) is 0 Å². The summed E-state index contributed by atoms with van der Waals surface area (Å²) in [6.45, 7) is 18.7. The highest BCUT2D eigenvalue weighted by Gasteiger charge is 2.40. The van der Waals surface area contributed by atoms with Gasteiger partial charge in [0.25, 0.3) is 5.91 Å². The zero-order valence-corrected chi connectivity index (χ0v) is 31.2. The lowest BCUT2D eigenvalue weighted by molar-refractivity contribution is -0.127. The Morgan fingerprint density at radius 1 is 1.00 bits per heavy atom. The second kappa shape index (κ2) is 20.4. The molecule has 4 rings (SSSR count). The molecule has 276 valence electrons. The number of hydrogen-bond donors (Lipinski definition) is 2. The topological polar surface area (TPSA) is 121 Å². The Morgan fingerprint density at radius 2 is 1.66 bits per heavy atom. The van der Waals surface area contributed by atoms with Crippen molar-refractivity contribution in [3.8, 4) is 0 Å². The van der Waals surface area contributed by atoms with Crippen LogP contribution in [0.15, 0.2) is 57.5 Å². The molecule has 2 fully saturated rings. The van der Waals surface area contributed by atoms with Gasteiger partial charge in [-0.15, -0.1) is 0 Å². The number of anilines is 2. The van der Waals surface area contributed by atoms with Gasteiger partial charge in [0, 0.05) is 50.9 Å². The molecule has 2 N–H and O–H groups in total. The van der Waals surface area contributed by atoms with E-state index in [0.717, 1.165) is 88.2 Å². The summed E-state index contributed by atoms with van der Waals surface area (Å²) >= 11 is 0. The number of carbonyl (C=O) groups excluding carboxylic acids is 2. The van der Waals surface area contributed by atoms with Crippen LogP contribution in [-0.4, -0.2) is 124 Å². The highest BCUT2D eigenvalue weighted by molar-refractivity contribution is 6.29. The van der Waals surface area contributed by atoms with Crippen LogP contribution in [0.3, 0.4) is 0 Å². The monoisotopic (exact) mass is 693 g/mol. The first-order valence-corrected chi connectivity index (χ1v) is 18.4. The normalized spacial score (nSPS) is 20.0. The number of ketones is 1. The third-order valence-electron chi connectivity index (χ3n) is 9.69. The molecule has 1 amide bonds. The van der Waals surface area contributed by atoms with E-state index < -0.39 is 0 Å². The standard InChI is InChI=1S/C38H59N7O5/c1-7-28(3)36(42-37-33(8-2)29(4)35(30(5)46)38(47)45(37)31-11-9-10-12-31)41-34-14-13-32(27-40-34)44-18-16-43(17-19-44)20-22-49-24-26-50-25-23-48-21-15-39-6/h8,13-14,27,31,39H,7,9-12,15-26H2,1-6H3,(H,40,41)/b33-8-,36-28+,42-37+. The Labute approximate surface area is 299 Å². The number of amides is 1. The molecule has 0 radical (unpaired) electrons. The second-order valence-corrected chi connectivity index (χ2v) is 13.1. The largest absolute Gasteiger partial charge is 0.378 e. The van der Waals surface area contributed by atoms with Crippen LogP contribution in [0.2, 0.25) is 0 Å². The van der Waals surface area contributed by atoms with Crippen molar-refractivity contribution < 1.29 is 23.8 Å². The Balaban J connectivity index is 1.33. The van der Waals surface area contributed by atoms with Gasteiger partial charge in [0.2, 0.25) is 0 Å². The van der Waals surface area contributed by atoms with Crippen LogP contribution in [0, 0.1) is 0 Å². The number of hydrogen-bond acceptors (Lipinski definition) is 11. The quantitative estimate of drug-likeness (QED) is 0.158. The molecule has 0 atom stereocenters. The van der Waals surface area contributed by atoms with Gasteiger partial charge in [0.05, 0.1) is 57.1 Å². The number of allylic oxidation sites excluding steroid dienone is 2. The third kappa shape index (κ3) is 10.8. The summed E-state index contributed by atoms with van der Waals surface area (Å²) < 4.78 is 16.8. The fourth-order valence-electron chi connectivity index (χ4n) is 6.60. The molecule has 1 aromatic rings. The summed E-state index contributed by atoms with van der Waals surface area (Å²) in [5.74, 6) is 1.53. The van der Waals surface area contributed by atoms with Crippen LogP contribution < -0.4 is 15.5 Å². The fraction of sp³-hybridized carbons (Fsp3) is 0.632. The minimum absolute atomic E-state index is 0.0240. The number of likely N-dealkylation sites (N-methyl/N-ethyl adjacent to an activating group) is 1. The van der Waals surface area contributed by atoms with E-state index in [1.54, 1.807) is 4.90 Å². The average Bonchev–Trinajstić information content (AvgIpc) is 3.65. The van der Waals surface area contributed by atoms with E-state index in [9.17, 15) is 9.59 Å². The Hall–Kier alpha value is -3.42. The number of pyridine rings is 1. The van der Waals surface area contributed by atoms with Gasteiger partial charge in [-0.2, -0.15) is 0 Å². The predicted octanol–water partition coefficient (Wildman–Crippen LogP) is 4.56. The van der Waals surface area contributed by atoms with Gasteiger partial charge < -0.3 is 29.7 Å². The molecule has 3 aliphatic rings. The van der Waals surface area contributed by atoms with Crippen LogP contribution in [0.1, 0.15) is 66.7 Å². The molecular formula is C38H59N7O5. The lowest BCUT2D eigenvalue weighted by atomic mass is 9.90. The Kier molecular flexibility index (Phi) is 16.1. The zero-order valence-electron chi connectivity index (χ0n) is 31.2. The van der Waals surface area contributed by atoms with E-state index in [0.29, 0.717) is 62.7 Å². The van der Waals surface area contributed by atoms with Gasteiger partial charge in [0.1, 0.15) is 17.5 Å². The molecule has 1 aliphatic carbocycles. The van der Waals surface area contributed by atoms with E-state index in [-0.39, 0.29) is 23.3 Å². The summed E-state index contributed by atoms with van der Waals surface area (Å²) in [5.41, 5.74) is 3.91. The molecule has 3 heterocycles. The summed E-state index contributed by atoms with van der Waals surface area (Å²) in [5, 5.41) is 6.51. The molecule has 0 bridgehead atoms. The van der Waals surface area contributed by atoms with Crippen LogP contribution in [0.4, 0.5) is 11.5 Å². The minimum Gasteiger partial charge on any atom is -0.378 e. The first-order chi connectivity index (χ1) is 24.3. The molecule has 50 heavy (non-hydrogen) atoms. The van der Waals surface area contributed by atoms with Crippen LogP contribution in [0.25, 0.3) is 0 Å². The average molecular weight is 694 g/mol. The molecule has 1 saturated heterocycles. The molecule has 12 nitrogen and oxygen atoms in total. The smallest absolute Gasteiger partial charge is 0.263 e. The maximum atomic E-state index is 13.8. The van der Waals surface area contributed by atoms with Gasteiger partial charge in [-0.25, -0.2) is 9.98 Å². The Morgan fingerprint density at radius 3 is 2.24 bits per heavy atom. The first-order valence-electron chi connectivity index (χ1n) is 18.4. The number of aliphatic imine (C=N–C) groups is 1. The molecule has 1 aromatic heterocycles. The van der Waals surface area contributed by atoms with E-state index in [4.69, 9.17) is 24.2 Å². The first kappa shape index (κ1) is 39.4. The van der Waals surface area contributed by atoms with Gasteiger partial charge in [0.15, 0.2) is 5.78 Å². The van der Waals surface area contributed by atoms with Crippen molar-refractivity contribution in [1.82, 2.24) is 20.1 Å². The number of rotatable bonds is 19. The van der Waals surface area contributed by atoms with Crippen LogP contribution >= 0.6 is 0 Å². The van der Waals surface area contributed by atoms with Gasteiger partial charge in [-0.3, -0.25) is 19.4 Å². The molecule has 12 heteroatoms. The minimum atomic E-state index is -0.238. The highest BCUT2D eigenvalue weighted by atomic mass is 16.5. The summed E-state index contributed by atoms with van der Waals surface area (Å²) in [6.07, 6.45) is 8.58. The lowest BCUT2D eigenvalue weighted by Crippen LogP contribution is -2.49. The number of carbonyl (C=O) groups is 2. The number of nitrogens with one attached hydrogen (secondary N) is 2. The molecule has 1 saturated carbocycles. The number of nitrogens with zero attached hydrogens (tertiary/aromatic N) is 5. The van der Waals surface area contributed by atoms with Crippen molar-refractivity contribution in [2.75, 3.05) is 96.2 Å². The maximum Gasteiger partial charge on any atom is 0.263 e. The van der Waals surface area contributed by atoms with E-state index in [1.165, 1.54) is 6.92 Å². The zero-order chi connectivity index (χ0) is 35.9.